The van der Waals surface area contributed by atoms with Gasteiger partial charge in [0.15, 0.2) is 0 Å². The first-order valence-electron chi connectivity index (χ1n) is 17.7. The number of hydrogen-bond donors (Lipinski definition) is 0. The van der Waals surface area contributed by atoms with Crippen LogP contribution < -0.4 is 24.8 Å². The Bertz CT molecular complexity index is 2660. The second-order valence-corrected chi connectivity index (χ2v) is 23.1. The van der Waals surface area contributed by atoms with E-state index in [9.17, 15) is 0 Å². The van der Waals surface area contributed by atoms with Crippen LogP contribution in [0.2, 0.25) is 13.1 Å². The Hall–Kier alpha value is -4.04. The summed E-state index contributed by atoms with van der Waals surface area (Å²) in [5, 5.41) is 10.6. The van der Waals surface area contributed by atoms with E-state index in [0.717, 1.165) is 0 Å². The first-order chi connectivity index (χ1) is 24.8. The molecule has 0 nitrogen and oxygen atoms in total. The van der Waals surface area contributed by atoms with Gasteiger partial charge < -0.3 is 24.8 Å². The van der Waals surface area contributed by atoms with Crippen LogP contribution in [0.25, 0.3) is 76.5 Å². The number of aryl methyl sites for hydroxylation is 3. The SMILES string of the molecule is C[Si](C)=[Zr+2].Cc1cc2c(-c3cccc4ccccc34)ccc(C)c2[cH-]1.Cc1cccc(-c2cc3c(-c4cccc5ccccc45)cccc3[cH-]2)c1.[Cl-].[Cl-]. The van der Waals surface area contributed by atoms with E-state index in [0.29, 0.717) is 0 Å². The molecule has 0 aliphatic carbocycles. The molecule has 0 saturated carbocycles. The zero-order valence-electron chi connectivity index (χ0n) is 30.8. The molecule has 0 bridgehead atoms. The van der Waals surface area contributed by atoms with Crippen LogP contribution in [0.4, 0.5) is 0 Å². The molecular formula is C49H42Cl2SiZr-2. The van der Waals surface area contributed by atoms with Crippen molar-refractivity contribution in [3.8, 4) is 33.4 Å². The number of benzene rings is 7. The van der Waals surface area contributed by atoms with E-state index in [1.54, 1.807) is 23.3 Å². The van der Waals surface area contributed by atoms with Gasteiger partial charge in [-0.1, -0.05) is 163 Å². The summed E-state index contributed by atoms with van der Waals surface area (Å²) < 4.78 is 0. The fourth-order valence-corrected chi connectivity index (χ4v) is 7.21. The van der Waals surface area contributed by atoms with Crippen LogP contribution in [0.3, 0.4) is 0 Å². The molecule has 0 unspecified atom stereocenters. The van der Waals surface area contributed by atoms with Gasteiger partial charge in [-0.15, -0.1) is 68.6 Å². The van der Waals surface area contributed by atoms with E-state index < -0.39 is 0 Å². The molecule has 0 radical (unpaired) electrons. The van der Waals surface area contributed by atoms with Crippen LogP contribution >= 0.6 is 0 Å². The van der Waals surface area contributed by atoms with Crippen molar-refractivity contribution in [3.63, 3.8) is 0 Å². The van der Waals surface area contributed by atoms with Crippen LogP contribution in [-0.2, 0) is 23.3 Å². The number of rotatable bonds is 3. The van der Waals surface area contributed by atoms with Crippen molar-refractivity contribution >= 4 is 48.5 Å². The predicted octanol–water partition coefficient (Wildman–Crippen LogP) is 8.14. The first-order valence-corrected chi connectivity index (χ1v) is 23.9. The topological polar surface area (TPSA) is 0 Å². The average Bonchev–Trinajstić information content (AvgIpc) is 3.76. The Morgan fingerprint density at radius 1 is 0.472 bits per heavy atom. The van der Waals surface area contributed by atoms with Crippen LogP contribution in [-0.4, -0.2) is 5.43 Å². The molecule has 53 heavy (non-hydrogen) atoms. The third-order valence-corrected chi connectivity index (χ3v) is 9.51. The third-order valence-electron chi connectivity index (χ3n) is 9.51. The zero-order valence-corrected chi connectivity index (χ0v) is 35.8. The molecule has 0 atom stereocenters. The quantitative estimate of drug-likeness (QED) is 0.125. The van der Waals surface area contributed by atoms with E-state index in [1.165, 1.54) is 93.2 Å². The zero-order chi connectivity index (χ0) is 35.5. The molecule has 0 aliphatic rings. The molecule has 0 saturated heterocycles. The van der Waals surface area contributed by atoms with Gasteiger partial charge in [0.1, 0.15) is 0 Å². The van der Waals surface area contributed by atoms with E-state index in [2.05, 4.69) is 198 Å². The minimum atomic E-state index is 0. The van der Waals surface area contributed by atoms with Crippen molar-refractivity contribution in [2.24, 2.45) is 0 Å². The minimum absolute atomic E-state index is 0. The smallest absolute Gasteiger partial charge is 0.0112 e. The van der Waals surface area contributed by atoms with Crippen LogP contribution in [0.15, 0.2) is 164 Å². The fraction of sp³-hybridized carbons (Fsp3) is 0.102. The first kappa shape index (κ1) is 40.2. The van der Waals surface area contributed by atoms with Gasteiger partial charge in [-0.25, -0.2) is 0 Å². The summed E-state index contributed by atoms with van der Waals surface area (Å²) in [4.78, 5) is 0. The van der Waals surface area contributed by atoms with Gasteiger partial charge in [-0.3, -0.25) is 0 Å². The van der Waals surface area contributed by atoms with Crippen LogP contribution in [0, 0.1) is 20.8 Å². The van der Waals surface area contributed by atoms with Crippen LogP contribution in [0.1, 0.15) is 16.7 Å². The van der Waals surface area contributed by atoms with Gasteiger partial charge in [0.2, 0.25) is 0 Å². The van der Waals surface area contributed by atoms with E-state index in [-0.39, 0.29) is 30.2 Å². The van der Waals surface area contributed by atoms with E-state index in [1.807, 2.05) is 0 Å². The maximum Gasteiger partial charge on any atom is -0.0112 e. The summed E-state index contributed by atoms with van der Waals surface area (Å²) in [7, 11) is 0. The summed E-state index contributed by atoms with van der Waals surface area (Å²) in [6.07, 6.45) is 0. The van der Waals surface area contributed by atoms with Crippen molar-refractivity contribution in [3.05, 3.63) is 180 Å². The molecule has 0 aliphatic heterocycles. The monoisotopic (exact) mass is 818 g/mol. The van der Waals surface area contributed by atoms with Gasteiger partial charge in [-0.2, -0.15) is 6.07 Å². The molecule has 0 aromatic heterocycles. The van der Waals surface area contributed by atoms with Crippen molar-refractivity contribution in [2.45, 2.75) is 33.9 Å². The van der Waals surface area contributed by atoms with E-state index >= 15 is 0 Å². The summed E-state index contributed by atoms with van der Waals surface area (Å²) in [5.74, 6) is 0. The number of hydrogen-bond acceptors (Lipinski definition) is 0. The van der Waals surface area contributed by atoms with Crippen molar-refractivity contribution in [2.75, 3.05) is 0 Å². The largest absolute Gasteiger partial charge is 1.00 e. The molecule has 0 fully saturated rings. The van der Waals surface area contributed by atoms with Gasteiger partial charge in [0, 0.05) is 0 Å². The molecule has 262 valence electrons. The Balaban J connectivity index is 0.000000183. The second kappa shape index (κ2) is 17.9. The van der Waals surface area contributed by atoms with Crippen LogP contribution in [0.5, 0.6) is 0 Å². The maximum atomic E-state index is 2.33. The molecule has 0 amide bonds. The Morgan fingerprint density at radius 3 is 1.58 bits per heavy atom. The minimum Gasteiger partial charge on any atom is -1.00 e. The fourth-order valence-electron chi connectivity index (χ4n) is 7.21. The Kier molecular flexibility index (Phi) is 13.5. The standard InChI is InChI=1S/C26H19.C21H17.C2H6Si.2ClH.Zr/c1-18-7-4-10-20(15-18)22-16-21-11-6-14-25(26(21)17-22)24-13-5-9-19-8-2-3-12-23(19)24;1-14-12-20-15(2)10-11-19(21(20)13-14)18-9-5-7-16-6-3-4-8-17(16)18;1-3-2;;;/h2-17H,1H3;3-13H,1-2H3;1-2H3;2*1H;/q2*-1;;;;+2/p-2. The molecule has 0 heterocycles. The number of fused-ring (bicyclic) bond motifs is 4. The Labute approximate surface area is 341 Å². The summed E-state index contributed by atoms with van der Waals surface area (Å²) in [6, 6.07) is 59.4. The Morgan fingerprint density at radius 2 is 0.981 bits per heavy atom. The van der Waals surface area contributed by atoms with Gasteiger partial charge in [0.05, 0.1) is 0 Å². The summed E-state index contributed by atoms with van der Waals surface area (Å²) in [5.41, 5.74) is 12.0. The van der Waals surface area contributed by atoms with E-state index in [4.69, 9.17) is 0 Å². The molecule has 0 spiro atoms. The van der Waals surface area contributed by atoms with Crippen molar-refractivity contribution in [1.29, 1.82) is 0 Å². The molecule has 9 aromatic rings. The van der Waals surface area contributed by atoms with Gasteiger partial charge >= 0.3 is 41.9 Å². The summed E-state index contributed by atoms with van der Waals surface area (Å²) in [6.45, 7) is 11.1. The second-order valence-electron chi connectivity index (χ2n) is 13.8. The van der Waals surface area contributed by atoms with Gasteiger partial charge in [0.25, 0.3) is 0 Å². The molecule has 9 rings (SSSR count). The molecule has 0 N–H and O–H groups in total. The molecule has 4 heteroatoms. The molecular weight excluding hydrogens is 779 g/mol. The molecule has 9 aromatic carbocycles. The average molecular weight is 821 g/mol. The number of halogens is 2. The van der Waals surface area contributed by atoms with Crippen molar-refractivity contribution in [1.82, 2.24) is 0 Å². The summed E-state index contributed by atoms with van der Waals surface area (Å²) >= 11 is 1.74. The predicted molar refractivity (Wildman–Crippen MR) is 222 cm³/mol. The normalized spacial score (nSPS) is 10.5. The van der Waals surface area contributed by atoms with Gasteiger partial charge in [-0.05, 0) is 39.6 Å². The maximum absolute atomic E-state index is 2.33. The third kappa shape index (κ3) is 8.86. The van der Waals surface area contributed by atoms with Crippen molar-refractivity contribution < 1.29 is 48.1 Å².